The Labute approximate surface area is 153 Å². The van der Waals surface area contributed by atoms with Crippen LogP contribution in [0.15, 0.2) is 47.9 Å². The van der Waals surface area contributed by atoms with Crippen LogP contribution in [0.25, 0.3) is 6.08 Å². The van der Waals surface area contributed by atoms with Crippen molar-refractivity contribution in [3.05, 3.63) is 63.9 Å². The Hall–Kier alpha value is -1.95. The largest absolute Gasteiger partial charge is 0.379 e. The van der Waals surface area contributed by atoms with Gasteiger partial charge in [0, 0.05) is 30.6 Å². The standard InChI is InChI=1S/C20H24N2O2S/c1-16-4-6-17(7-5-16)8-9-20(23)21-15-18(19-3-2-14-25-19)22-10-12-24-13-11-22/h2-9,14,18H,10-13,15H2,1H3,(H,21,23). The molecule has 1 aliphatic rings. The smallest absolute Gasteiger partial charge is 0.244 e. The summed E-state index contributed by atoms with van der Waals surface area (Å²) in [5, 5.41) is 5.13. The van der Waals surface area contributed by atoms with E-state index in [-0.39, 0.29) is 11.9 Å². The molecule has 1 aromatic heterocycles. The van der Waals surface area contributed by atoms with Crippen molar-refractivity contribution in [1.29, 1.82) is 0 Å². The fraction of sp³-hybridized carbons (Fsp3) is 0.350. The Morgan fingerprint density at radius 3 is 2.72 bits per heavy atom. The number of ether oxygens (including phenoxy) is 1. The van der Waals surface area contributed by atoms with Crippen LogP contribution < -0.4 is 5.32 Å². The first kappa shape index (κ1) is 17.9. The van der Waals surface area contributed by atoms with Gasteiger partial charge in [0.25, 0.3) is 0 Å². The van der Waals surface area contributed by atoms with Gasteiger partial charge in [0.1, 0.15) is 0 Å². The summed E-state index contributed by atoms with van der Waals surface area (Å²) in [6.45, 7) is 5.97. The third kappa shape index (κ3) is 5.26. The van der Waals surface area contributed by atoms with Crippen LogP contribution in [0, 0.1) is 6.92 Å². The van der Waals surface area contributed by atoms with E-state index in [1.54, 1.807) is 17.4 Å². The summed E-state index contributed by atoms with van der Waals surface area (Å²) < 4.78 is 5.45. The molecular formula is C20H24N2O2S. The summed E-state index contributed by atoms with van der Waals surface area (Å²) in [4.78, 5) is 15.9. The van der Waals surface area contributed by atoms with Crippen molar-refractivity contribution in [2.45, 2.75) is 13.0 Å². The number of carbonyl (C=O) groups is 1. The summed E-state index contributed by atoms with van der Waals surface area (Å²) in [6.07, 6.45) is 3.46. The van der Waals surface area contributed by atoms with E-state index in [2.05, 4.69) is 34.7 Å². The monoisotopic (exact) mass is 356 g/mol. The topological polar surface area (TPSA) is 41.6 Å². The second kappa shape index (κ2) is 8.94. The lowest BCUT2D eigenvalue weighted by molar-refractivity contribution is -0.116. The van der Waals surface area contributed by atoms with Gasteiger partial charge in [0.2, 0.25) is 5.91 Å². The van der Waals surface area contributed by atoms with E-state index in [4.69, 9.17) is 4.74 Å². The molecule has 1 saturated heterocycles. The fourth-order valence-corrected chi connectivity index (χ4v) is 3.75. The second-order valence-corrected chi connectivity index (χ2v) is 7.15. The van der Waals surface area contributed by atoms with Crippen LogP contribution in [-0.4, -0.2) is 43.7 Å². The molecule has 1 fully saturated rings. The second-order valence-electron chi connectivity index (χ2n) is 6.17. The molecule has 0 radical (unpaired) electrons. The van der Waals surface area contributed by atoms with Crippen LogP contribution >= 0.6 is 11.3 Å². The van der Waals surface area contributed by atoms with E-state index >= 15 is 0 Å². The Bertz CT molecular complexity index is 689. The van der Waals surface area contributed by atoms with Crippen molar-refractivity contribution < 1.29 is 9.53 Å². The maximum Gasteiger partial charge on any atom is 0.244 e. The van der Waals surface area contributed by atoms with Crippen molar-refractivity contribution in [3.63, 3.8) is 0 Å². The normalized spacial score (nSPS) is 16.8. The van der Waals surface area contributed by atoms with Crippen LogP contribution in [0.3, 0.4) is 0 Å². The number of hydrogen-bond acceptors (Lipinski definition) is 4. The molecule has 0 spiro atoms. The number of rotatable bonds is 6. The van der Waals surface area contributed by atoms with Gasteiger partial charge < -0.3 is 10.1 Å². The number of benzene rings is 1. The molecule has 132 valence electrons. The minimum absolute atomic E-state index is 0.0598. The SMILES string of the molecule is Cc1ccc(C=CC(=O)NCC(c2cccs2)N2CCOCC2)cc1. The third-order valence-corrected chi connectivity index (χ3v) is 5.31. The summed E-state index contributed by atoms with van der Waals surface area (Å²) in [6, 6.07) is 12.5. The summed E-state index contributed by atoms with van der Waals surface area (Å²) in [5.74, 6) is -0.0598. The molecule has 2 heterocycles. The Morgan fingerprint density at radius 2 is 2.04 bits per heavy atom. The van der Waals surface area contributed by atoms with Gasteiger partial charge in [-0.2, -0.15) is 0 Å². The van der Waals surface area contributed by atoms with Gasteiger partial charge in [-0.3, -0.25) is 9.69 Å². The van der Waals surface area contributed by atoms with Crippen LogP contribution in [0.1, 0.15) is 22.0 Å². The predicted molar refractivity (Wildman–Crippen MR) is 103 cm³/mol. The quantitative estimate of drug-likeness (QED) is 0.808. The molecule has 1 aromatic carbocycles. The average Bonchev–Trinajstić information content (AvgIpc) is 3.17. The third-order valence-electron chi connectivity index (χ3n) is 4.33. The molecule has 1 unspecified atom stereocenters. The molecule has 1 N–H and O–H groups in total. The number of hydrogen-bond donors (Lipinski definition) is 1. The summed E-state index contributed by atoms with van der Waals surface area (Å²) in [7, 11) is 0. The van der Waals surface area contributed by atoms with E-state index in [9.17, 15) is 4.79 Å². The molecule has 25 heavy (non-hydrogen) atoms. The molecule has 0 saturated carbocycles. The highest BCUT2D eigenvalue weighted by molar-refractivity contribution is 7.10. The van der Waals surface area contributed by atoms with Crippen molar-refractivity contribution in [2.24, 2.45) is 0 Å². The molecular weight excluding hydrogens is 332 g/mol. The summed E-state index contributed by atoms with van der Waals surface area (Å²) >= 11 is 1.74. The van der Waals surface area contributed by atoms with Crippen LogP contribution in [0.5, 0.6) is 0 Å². The highest BCUT2D eigenvalue weighted by atomic mass is 32.1. The van der Waals surface area contributed by atoms with E-state index < -0.39 is 0 Å². The fourth-order valence-electron chi connectivity index (χ4n) is 2.89. The Morgan fingerprint density at radius 1 is 1.28 bits per heavy atom. The number of carbonyl (C=O) groups excluding carboxylic acids is 1. The first-order valence-electron chi connectivity index (χ1n) is 8.60. The Kier molecular flexibility index (Phi) is 6.39. The summed E-state index contributed by atoms with van der Waals surface area (Å²) in [5.41, 5.74) is 2.25. The van der Waals surface area contributed by atoms with E-state index in [1.165, 1.54) is 10.4 Å². The van der Waals surface area contributed by atoms with Gasteiger partial charge in [-0.1, -0.05) is 35.9 Å². The lowest BCUT2D eigenvalue weighted by Crippen LogP contribution is -2.43. The molecule has 3 rings (SSSR count). The van der Waals surface area contributed by atoms with Crippen molar-refractivity contribution >= 4 is 23.3 Å². The van der Waals surface area contributed by atoms with Gasteiger partial charge in [-0.25, -0.2) is 0 Å². The van der Waals surface area contributed by atoms with Crippen LogP contribution in [0.4, 0.5) is 0 Å². The molecule has 2 aromatic rings. The number of aryl methyl sites for hydroxylation is 1. The van der Waals surface area contributed by atoms with E-state index in [1.807, 2.05) is 30.3 Å². The van der Waals surface area contributed by atoms with Gasteiger partial charge in [0.05, 0.1) is 19.3 Å². The van der Waals surface area contributed by atoms with Crippen LogP contribution in [0.2, 0.25) is 0 Å². The maximum atomic E-state index is 12.2. The van der Waals surface area contributed by atoms with Gasteiger partial charge in [-0.05, 0) is 30.0 Å². The molecule has 4 nitrogen and oxygen atoms in total. The number of morpholine rings is 1. The highest BCUT2D eigenvalue weighted by Gasteiger charge is 2.23. The van der Waals surface area contributed by atoms with Gasteiger partial charge in [-0.15, -0.1) is 11.3 Å². The minimum Gasteiger partial charge on any atom is -0.379 e. The average molecular weight is 356 g/mol. The zero-order valence-corrected chi connectivity index (χ0v) is 15.3. The Balaban J connectivity index is 1.58. The molecule has 5 heteroatoms. The number of nitrogens with zero attached hydrogens (tertiary/aromatic N) is 1. The molecule has 0 bridgehead atoms. The molecule has 0 aliphatic carbocycles. The van der Waals surface area contributed by atoms with E-state index in [0.717, 1.165) is 31.9 Å². The first-order valence-corrected chi connectivity index (χ1v) is 9.48. The highest BCUT2D eigenvalue weighted by Crippen LogP contribution is 2.25. The van der Waals surface area contributed by atoms with E-state index in [0.29, 0.717) is 6.54 Å². The van der Waals surface area contributed by atoms with Crippen molar-refractivity contribution in [3.8, 4) is 0 Å². The maximum absolute atomic E-state index is 12.2. The predicted octanol–water partition coefficient (Wildman–Crippen LogP) is 3.26. The molecule has 1 atom stereocenters. The zero-order chi connectivity index (χ0) is 17.5. The number of thiophene rings is 1. The van der Waals surface area contributed by atoms with Crippen molar-refractivity contribution in [1.82, 2.24) is 10.2 Å². The van der Waals surface area contributed by atoms with Gasteiger partial charge >= 0.3 is 0 Å². The molecule has 1 aliphatic heterocycles. The van der Waals surface area contributed by atoms with Gasteiger partial charge in [0.15, 0.2) is 0 Å². The zero-order valence-electron chi connectivity index (χ0n) is 14.5. The van der Waals surface area contributed by atoms with Crippen molar-refractivity contribution in [2.75, 3.05) is 32.8 Å². The lowest BCUT2D eigenvalue weighted by Gasteiger charge is -2.34. The number of amides is 1. The minimum atomic E-state index is -0.0598. The lowest BCUT2D eigenvalue weighted by atomic mass is 10.1. The molecule has 1 amide bonds. The number of nitrogens with one attached hydrogen (secondary N) is 1. The van der Waals surface area contributed by atoms with Crippen LogP contribution in [-0.2, 0) is 9.53 Å². The first-order chi connectivity index (χ1) is 12.2.